The second-order valence-electron chi connectivity index (χ2n) is 8.25. The van der Waals surface area contributed by atoms with Crippen LogP contribution in [0.3, 0.4) is 0 Å². The van der Waals surface area contributed by atoms with Gasteiger partial charge < -0.3 is 25.8 Å². The number of carboxylic acid groups (broad SMARTS) is 1. The smallest absolute Gasteiger partial charge is 0.404 e. The molecule has 1 aromatic heterocycles. The highest BCUT2D eigenvalue weighted by Crippen LogP contribution is 2.26. The molecule has 178 valence electrons. The third-order valence-electron chi connectivity index (χ3n) is 5.14. The fourth-order valence-corrected chi connectivity index (χ4v) is 5.22. The van der Waals surface area contributed by atoms with Crippen LogP contribution >= 0.6 is 0 Å². The summed E-state index contributed by atoms with van der Waals surface area (Å²) < 4.78 is 33.1. The van der Waals surface area contributed by atoms with E-state index < -0.39 is 28.3 Å². The molecule has 1 heterocycles. The molecule has 0 aliphatic carbocycles. The molecule has 5 N–H and O–H groups in total. The number of nitrogens with two attached hydrogens (primary N) is 1. The van der Waals surface area contributed by atoms with Gasteiger partial charge in [0, 0.05) is 13.1 Å². The fraction of sp³-hybridized carbons (Fsp3) is 0.364. The predicted octanol–water partition coefficient (Wildman–Crippen LogP) is 2.30. The molecule has 1 amide bonds. The lowest BCUT2D eigenvalue weighted by Crippen LogP contribution is -2.50. The van der Waals surface area contributed by atoms with Crippen molar-refractivity contribution in [1.29, 1.82) is 0 Å². The van der Waals surface area contributed by atoms with Gasteiger partial charge in [-0.15, -0.1) is 0 Å². The normalized spacial score (nSPS) is 14.0. The third kappa shape index (κ3) is 6.01. The Morgan fingerprint density at radius 1 is 1.18 bits per heavy atom. The summed E-state index contributed by atoms with van der Waals surface area (Å²) >= 11 is 0. The number of nitrogens with one attached hydrogen (secondary N) is 1. The number of sulfonamides is 1. The molecule has 0 radical (unpaired) electrons. The van der Waals surface area contributed by atoms with Crippen molar-refractivity contribution in [2.45, 2.75) is 37.3 Å². The SMILES string of the molecule is CC(C)CN(CC(O)C(Cc1ccccc1)NC(=O)O)S(=O)(=O)c1ccc2onc(N)c2c1. The molecule has 0 spiro atoms. The predicted molar refractivity (Wildman–Crippen MR) is 123 cm³/mol. The number of hydrogen-bond acceptors (Lipinski definition) is 7. The van der Waals surface area contributed by atoms with Crippen molar-refractivity contribution < 1.29 is 27.9 Å². The Labute approximate surface area is 192 Å². The zero-order chi connectivity index (χ0) is 24.2. The first-order chi connectivity index (χ1) is 15.6. The molecule has 0 aliphatic rings. The van der Waals surface area contributed by atoms with E-state index in [1.807, 2.05) is 44.2 Å². The average molecular weight is 477 g/mol. The van der Waals surface area contributed by atoms with Crippen LogP contribution < -0.4 is 11.1 Å². The third-order valence-corrected chi connectivity index (χ3v) is 6.97. The van der Waals surface area contributed by atoms with Crippen molar-refractivity contribution in [3.8, 4) is 0 Å². The van der Waals surface area contributed by atoms with Crippen LogP contribution in [0.5, 0.6) is 0 Å². The van der Waals surface area contributed by atoms with Crippen LogP contribution in [0.4, 0.5) is 10.6 Å². The van der Waals surface area contributed by atoms with Crippen molar-refractivity contribution in [3.63, 3.8) is 0 Å². The molecule has 0 aliphatic heterocycles. The summed E-state index contributed by atoms with van der Waals surface area (Å²) in [7, 11) is -4.04. The molecular formula is C22H28N4O6S. The summed E-state index contributed by atoms with van der Waals surface area (Å²) in [4.78, 5) is 11.3. The van der Waals surface area contributed by atoms with Gasteiger partial charge in [0.05, 0.1) is 22.4 Å². The van der Waals surface area contributed by atoms with E-state index in [0.29, 0.717) is 11.0 Å². The number of rotatable bonds is 10. The second-order valence-corrected chi connectivity index (χ2v) is 10.2. The van der Waals surface area contributed by atoms with Gasteiger partial charge in [0.15, 0.2) is 11.4 Å². The fourth-order valence-electron chi connectivity index (χ4n) is 3.57. The summed E-state index contributed by atoms with van der Waals surface area (Å²) in [5.41, 5.74) is 6.93. The number of nitrogens with zero attached hydrogens (tertiary/aromatic N) is 2. The van der Waals surface area contributed by atoms with Crippen LogP contribution in [0.15, 0.2) is 57.9 Å². The topological polar surface area (TPSA) is 159 Å². The van der Waals surface area contributed by atoms with E-state index in [2.05, 4.69) is 10.5 Å². The van der Waals surface area contributed by atoms with E-state index in [-0.39, 0.29) is 36.1 Å². The van der Waals surface area contributed by atoms with Gasteiger partial charge in [-0.25, -0.2) is 13.2 Å². The van der Waals surface area contributed by atoms with Gasteiger partial charge in [-0.1, -0.05) is 49.3 Å². The Morgan fingerprint density at radius 3 is 2.52 bits per heavy atom. The van der Waals surface area contributed by atoms with Crippen LogP contribution in [0, 0.1) is 5.92 Å². The summed E-state index contributed by atoms with van der Waals surface area (Å²) in [6.45, 7) is 3.54. The second kappa shape index (κ2) is 10.2. The molecule has 3 aromatic rings. The molecule has 0 saturated heterocycles. The maximum atomic E-state index is 13.5. The van der Waals surface area contributed by atoms with Crippen molar-refractivity contribution in [3.05, 3.63) is 54.1 Å². The highest BCUT2D eigenvalue weighted by Gasteiger charge is 2.31. The largest absolute Gasteiger partial charge is 0.465 e. The monoisotopic (exact) mass is 476 g/mol. The summed E-state index contributed by atoms with van der Waals surface area (Å²) in [5, 5.41) is 26.5. The number of carbonyl (C=O) groups is 1. The molecular weight excluding hydrogens is 448 g/mol. The highest BCUT2D eigenvalue weighted by molar-refractivity contribution is 7.89. The van der Waals surface area contributed by atoms with Crippen molar-refractivity contribution in [1.82, 2.24) is 14.8 Å². The van der Waals surface area contributed by atoms with Gasteiger partial charge in [-0.2, -0.15) is 4.31 Å². The lowest BCUT2D eigenvalue weighted by atomic mass is 10.0. The molecule has 2 atom stereocenters. The Bertz CT molecular complexity index is 1200. The van der Waals surface area contributed by atoms with Crippen LogP contribution in [-0.4, -0.2) is 59.4 Å². The molecule has 0 fully saturated rings. The quantitative estimate of drug-likeness (QED) is 0.347. The zero-order valence-corrected chi connectivity index (χ0v) is 19.2. The van der Waals surface area contributed by atoms with Gasteiger partial charge >= 0.3 is 6.09 Å². The first kappa shape index (κ1) is 24.5. The minimum Gasteiger partial charge on any atom is -0.465 e. The highest BCUT2D eigenvalue weighted by atomic mass is 32.2. The summed E-state index contributed by atoms with van der Waals surface area (Å²) in [5.74, 6) is 0.0300. The Kier molecular flexibility index (Phi) is 7.57. The summed E-state index contributed by atoms with van der Waals surface area (Å²) in [6.07, 6.45) is -2.39. The Hall–Kier alpha value is -3.15. The Balaban J connectivity index is 1.89. The van der Waals surface area contributed by atoms with E-state index in [9.17, 15) is 23.4 Å². The number of aliphatic hydroxyl groups excluding tert-OH is 1. The molecule has 0 saturated carbocycles. The molecule has 10 nitrogen and oxygen atoms in total. The number of amides is 1. The Morgan fingerprint density at radius 2 is 1.88 bits per heavy atom. The number of aliphatic hydroxyl groups is 1. The van der Waals surface area contributed by atoms with Gasteiger partial charge in [0.2, 0.25) is 10.0 Å². The first-order valence-electron chi connectivity index (χ1n) is 10.4. The van der Waals surface area contributed by atoms with Gasteiger partial charge in [0.1, 0.15) is 0 Å². The number of fused-ring (bicyclic) bond motifs is 1. The minimum absolute atomic E-state index is 0.0245. The van der Waals surface area contributed by atoms with E-state index in [4.69, 9.17) is 10.3 Å². The van der Waals surface area contributed by atoms with Gasteiger partial charge in [-0.3, -0.25) is 0 Å². The molecule has 11 heteroatoms. The van der Waals surface area contributed by atoms with Crippen molar-refractivity contribution >= 4 is 32.9 Å². The lowest BCUT2D eigenvalue weighted by molar-refractivity contribution is 0.0980. The van der Waals surface area contributed by atoms with Crippen molar-refractivity contribution in [2.24, 2.45) is 5.92 Å². The van der Waals surface area contributed by atoms with E-state index in [0.717, 1.165) is 9.87 Å². The number of benzene rings is 2. The maximum Gasteiger partial charge on any atom is 0.404 e. The summed E-state index contributed by atoms with van der Waals surface area (Å²) in [6, 6.07) is 12.4. The van der Waals surface area contributed by atoms with E-state index in [1.54, 1.807) is 0 Å². The first-order valence-corrected chi connectivity index (χ1v) is 11.9. The molecule has 2 aromatic carbocycles. The van der Waals surface area contributed by atoms with Crippen LogP contribution in [-0.2, 0) is 16.4 Å². The minimum atomic E-state index is -4.04. The number of aromatic nitrogens is 1. The van der Waals surface area contributed by atoms with Gasteiger partial charge in [-0.05, 0) is 36.1 Å². The van der Waals surface area contributed by atoms with Crippen LogP contribution in [0.1, 0.15) is 19.4 Å². The molecule has 33 heavy (non-hydrogen) atoms. The number of hydrogen-bond donors (Lipinski definition) is 4. The average Bonchev–Trinajstić information content (AvgIpc) is 3.13. The zero-order valence-electron chi connectivity index (χ0n) is 18.4. The number of nitrogen functional groups attached to an aromatic ring is 1. The van der Waals surface area contributed by atoms with E-state index >= 15 is 0 Å². The van der Waals surface area contributed by atoms with Crippen LogP contribution in [0.25, 0.3) is 11.0 Å². The molecule has 0 bridgehead atoms. The van der Waals surface area contributed by atoms with Crippen molar-refractivity contribution in [2.75, 3.05) is 18.8 Å². The van der Waals surface area contributed by atoms with E-state index in [1.165, 1.54) is 18.2 Å². The molecule has 3 rings (SSSR count). The van der Waals surface area contributed by atoms with Crippen LogP contribution in [0.2, 0.25) is 0 Å². The van der Waals surface area contributed by atoms with Gasteiger partial charge in [0.25, 0.3) is 0 Å². The lowest BCUT2D eigenvalue weighted by Gasteiger charge is -2.30. The number of anilines is 1. The maximum absolute atomic E-state index is 13.5. The molecule has 2 unspecified atom stereocenters. The standard InChI is InChI=1S/C22H28N4O6S/c1-14(2)12-26(33(30,31)16-8-9-20-17(11-16)21(23)25-32-20)13-19(27)18(24-22(28)29)10-15-6-4-3-5-7-15/h3-9,11,14,18-19,24,27H,10,12-13H2,1-2H3,(H2,23,25)(H,28,29).